The summed E-state index contributed by atoms with van der Waals surface area (Å²) in [6, 6.07) is 3.78. The molecular formula is C12H18N2OS. The number of thiocarbonyl (C=S) groups is 1. The molecule has 1 heterocycles. The third-order valence-electron chi connectivity index (χ3n) is 2.56. The average Bonchev–Trinajstić information content (AvgIpc) is 2.27. The van der Waals surface area contributed by atoms with Crippen molar-refractivity contribution >= 4 is 17.2 Å². The molecule has 0 bridgehead atoms. The van der Waals surface area contributed by atoms with Crippen LogP contribution in [0.1, 0.15) is 38.4 Å². The van der Waals surface area contributed by atoms with Crippen LogP contribution < -0.4 is 5.73 Å². The van der Waals surface area contributed by atoms with Crippen LogP contribution in [0, 0.1) is 0 Å². The Bertz CT molecular complexity index is 377. The van der Waals surface area contributed by atoms with Gasteiger partial charge < -0.3 is 10.5 Å². The van der Waals surface area contributed by atoms with Crippen molar-refractivity contribution in [1.29, 1.82) is 0 Å². The Labute approximate surface area is 102 Å². The van der Waals surface area contributed by atoms with Gasteiger partial charge in [0.2, 0.25) is 0 Å². The molecule has 1 aromatic rings. The summed E-state index contributed by atoms with van der Waals surface area (Å²) in [5.41, 5.74) is 7.10. The first-order valence-electron chi connectivity index (χ1n) is 5.33. The first kappa shape index (κ1) is 13.1. The molecule has 1 aromatic heterocycles. The van der Waals surface area contributed by atoms with Crippen LogP contribution in [0.5, 0.6) is 0 Å². The van der Waals surface area contributed by atoms with Crippen molar-refractivity contribution in [2.75, 3.05) is 0 Å². The molecule has 0 aromatic carbocycles. The highest BCUT2D eigenvalue weighted by atomic mass is 32.1. The number of rotatable bonds is 5. The molecule has 0 amide bonds. The molecule has 2 N–H and O–H groups in total. The molecule has 16 heavy (non-hydrogen) atoms. The smallest absolute Gasteiger partial charge is 0.122 e. The van der Waals surface area contributed by atoms with E-state index < -0.39 is 0 Å². The van der Waals surface area contributed by atoms with E-state index in [0.29, 0.717) is 17.3 Å². The third kappa shape index (κ3) is 3.87. The third-order valence-corrected chi connectivity index (χ3v) is 2.77. The average molecular weight is 238 g/mol. The van der Waals surface area contributed by atoms with Gasteiger partial charge in [0, 0.05) is 6.20 Å². The van der Waals surface area contributed by atoms with E-state index in [1.807, 2.05) is 12.1 Å². The van der Waals surface area contributed by atoms with Gasteiger partial charge in [-0.25, -0.2) is 0 Å². The molecule has 0 unspecified atom stereocenters. The zero-order valence-electron chi connectivity index (χ0n) is 9.99. The van der Waals surface area contributed by atoms with Crippen LogP contribution in [0.4, 0.5) is 0 Å². The highest BCUT2D eigenvalue weighted by Gasteiger charge is 2.15. The van der Waals surface area contributed by atoms with Crippen LogP contribution in [0.25, 0.3) is 0 Å². The van der Waals surface area contributed by atoms with E-state index in [-0.39, 0.29) is 5.60 Å². The second-order valence-electron chi connectivity index (χ2n) is 4.32. The molecule has 0 aliphatic heterocycles. The van der Waals surface area contributed by atoms with E-state index in [1.54, 1.807) is 6.20 Å². The van der Waals surface area contributed by atoms with E-state index in [2.05, 4.69) is 25.8 Å². The monoisotopic (exact) mass is 238 g/mol. The van der Waals surface area contributed by atoms with Crippen molar-refractivity contribution in [3.05, 3.63) is 29.6 Å². The van der Waals surface area contributed by atoms with Gasteiger partial charge in [-0.2, -0.15) is 0 Å². The second-order valence-corrected chi connectivity index (χ2v) is 4.76. The molecule has 0 radical (unpaired) electrons. The van der Waals surface area contributed by atoms with Gasteiger partial charge in [-0.05, 0) is 38.0 Å². The summed E-state index contributed by atoms with van der Waals surface area (Å²) in [6.45, 7) is 6.80. The van der Waals surface area contributed by atoms with Gasteiger partial charge in [-0.3, -0.25) is 4.98 Å². The van der Waals surface area contributed by atoms with E-state index in [0.717, 1.165) is 12.0 Å². The zero-order chi connectivity index (χ0) is 12.2. The van der Waals surface area contributed by atoms with Gasteiger partial charge in [0.15, 0.2) is 0 Å². The maximum absolute atomic E-state index is 5.79. The number of ether oxygens (including phenoxy) is 1. The molecule has 0 atom stereocenters. The van der Waals surface area contributed by atoms with Crippen LogP contribution in [0.2, 0.25) is 0 Å². The molecule has 88 valence electrons. The molecule has 0 aliphatic rings. The lowest BCUT2D eigenvalue weighted by Crippen LogP contribution is -2.22. The van der Waals surface area contributed by atoms with Gasteiger partial charge in [-0.1, -0.05) is 19.1 Å². The lowest BCUT2D eigenvalue weighted by molar-refractivity contribution is -0.0316. The highest BCUT2D eigenvalue weighted by molar-refractivity contribution is 7.80. The molecule has 0 spiro atoms. The van der Waals surface area contributed by atoms with E-state index in [1.165, 1.54) is 0 Å². The van der Waals surface area contributed by atoms with Crippen LogP contribution >= 0.6 is 12.2 Å². The van der Waals surface area contributed by atoms with Crippen molar-refractivity contribution < 1.29 is 4.74 Å². The molecule has 1 rings (SSSR count). The number of nitrogens with zero attached hydrogens (tertiary/aromatic N) is 1. The zero-order valence-corrected chi connectivity index (χ0v) is 10.8. The topological polar surface area (TPSA) is 48.1 Å². The minimum Gasteiger partial charge on any atom is -0.388 e. The summed E-state index contributed by atoms with van der Waals surface area (Å²) >= 11 is 4.88. The summed E-state index contributed by atoms with van der Waals surface area (Å²) < 4.78 is 5.79. The number of aromatic nitrogens is 1. The largest absolute Gasteiger partial charge is 0.388 e. The molecule has 3 nitrogen and oxygen atoms in total. The van der Waals surface area contributed by atoms with Crippen LogP contribution in [-0.2, 0) is 11.3 Å². The summed E-state index contributed by atoms with van der Waals surface area (Å²) in [5, 5.41) is 0. The summed E-state index contributed by atoms with van der Waals surface area (Å²) in [5.74, 6) is 0. The second kappa shape index (κ2) is 5.37. The number of pyridine rings is 1. The van der Waals surface area contributed by atoms with Crippen molar-refractivity contribution in [1.82, 2.24) is 4.98 Å². The molecule has 0 saturated heterocycles. The van der Waals surface area contributed by atoms with E-state index >= 15 is 0 Å². The Kier molecular flexibility index (Phi) is 4.38. The quantitative estimate of drug-likeness (QED) is 0.800. The highest BCUT2D eigenvalue weighted by Crippen LogP contribution is 2.16. The van der Waals surface area contributed by atoms with Gasteiger partial charge in [-0.15, -0.1) is 0 Å². The first-order valence-corrected chi connectivity index (χ1v) is 5.74. The van der Waals surface area contributed by atoms with Crippen molar-refractivity contribution in [2.24, 2.45) is 5.73 Å². The minimum atomic E-state index is -0.105. The number of hydrogen-bond donors (Lipinski definition) is 1. The normalized spacial score (nSPS) is 11.4. The van der Waals surface area contributed by atoms with Crippen LogP contribution in [-0.4, -0.2) is 15.6 Å². The fraction of sp³-hybridized carbons (Fsp3) is 0.500. The predicted octanol–water partition coefficient (Wildman–Crippen LogP) is 2.42. The van der Waals surface area contributed by atoms with Gasteiger partial charge in [0.1, 0.15) is 4.99 Å². The molecule has 0 aliphatic carbocycles. The maximum Gasteiger partial charge on any atom is 0.122 e. The Balaban J connectivity index is 2.68. The number of hydrogen-bond acceptors (Lipinski definition) is 3. The molecule has 4 heteroatoms. The lowest BCUT2D eigenvalue weighted by atomic mass is 10.1. The molecule has 0 saturated carbocycles. The van der Waals surface area contributed by atoms with Crippen molar-refractivity contribution in [3.8, 4) is 0 Å². The number of nitrogens with two attached hydrogens (primary N) is 1. The Morgan fingerprint density at radius 2 is 2.25 bits per heavy atom. The molecule has 0 fully saturated rings. The standard InChI is InChI=1S/C12H18N2OS/c1-4-12(2,3)15-8-9-5-6-14-10(7-9)11(13)16/h5-7H,4,8H2,1-3H3,(H2,13,16). The summed E-state index contributed by atoms with van der Waals surface area (Å²) in [6.07, 6.45) is 2.67. The fourth-order valence-electron chi connectivity index (χ4n) is 1.08. The minimum absolute atomic E-state index is 0.105. The van der Waals surface area contributed by atoms with Gasteiger partial charge >= 0.3 is 0 Å². The lowest BCUT2D eigenvalue weighted by Gasteiger charge is -2.23. The SMILES string of the molecule is CCC(C)(C)OCc1ccnc(C(N)=S)c1. The predicted molar refractivity (Wildman–Crippen MR) is 69.3 cm³/mol. The van der Waals surface area contributed by atoms with Crippen LogP contribution in [0.15, 0.2) is 18.3 Å². The summed E-state index contributed by atoms with van der Waals surface area (Å²) in [7, 11) is 0. The Morgan fingerprint density at radius 3 is 2.81 bits per heavy atom. The Morgan fingerprint density at radius 1 is 1.56 bits per heavy atom. The Hall–Kier alpha value is -1.00. The maximum atomic E-state index is 5.79. The van der Waals surface area contributed by atoms with Gasteiger partial charge in [0.25, 0.3) is 0 Å². The summed E-state index contributed by atoms with van der Waals surface area (Å²) in [4.78, 5) is 4.40. The van der Waals surface area contributed by atoms with Crippen molar-refractivity contribution in [3.63, 3.8) is 0 Å². The van der Waals surface area contributed by atoms with E-state index in [4.69, 9.17) is 22.7 Å². The fourth-order valence-corrected chi connectivity index (χ4v) is 1.19. The van der Waals surface area contributed by atoms with E-state index in [9.17, 15) is 0 Å². The van der Waals surface area contributed by atoms with Gasteiger partial charge in [0.05, 0.1) is 17.9 Å². The van der Waals surface area contributed by atoms with Crippen LogP contribution in [0.3, 0.4) is 0 Å². The van der Waals surface area contributed by atoms with Crippen molar-refractivity contribution in [2.45, 2.75) is 39.4 Å². The first-order chi connectivity index (χ1) is 7.44. The molecular weight excluding hydrogens is 220 g/mol.